The summed E-state index contributed by atoms with van der Waals surface area (Å²) in [4.78, 5) is 13.0. The monoisotopic (exact) mass is 477 g/mol. The zero-order chi connectivity index (χ0) is 23.5. The molecule has 0 unspecified atom stereocenters. The number of para-hydroxylation sites is 2. The van der Waals surface area contributed by atoms with Gasteiger partial charge >= 0.3 is 0 Å². The number of nitrogens with one attached hydrogen (secondary N) is 2. The summed E-state index contributed by atoms with van der Waals surface area (Å²) < 4.78 is 5.70. The lowest BCUT2D eigenvalue weighted by Crippen LogP contribution is -2.25. The summed E-state index contributed by atoms with van der Waals surface area (Å²) in [6, 6.07) is 26.5. The molecule has 0 heterocycles. The Labute approximate surface area is 203 Å². The van der Waals surface area contributed by atoms with Crippen LogP contribution in [0.1, 0.15) is 18.1 Å². The van der Waals surface area contributed by atoms with Gasteiger partial charge in [0, 0.05) is 17.3 Å². The van der Waals surface area contributed by atoms with Crippen LogP contribution in [0.15, 0.2) is 89.5 Å². The molecule has 2 N–H and O–H groups in total. The van der Waals surface area contributed by atoms with E-state index in [4.69, 9.17) is 16.3 Å². The summed E-state index contributed by atoms with van der Waals surface area (Å²) in [5, 5.41) is 17.0. The molecule has 3 aromatic rings. The molecular weight excluding hydrogens is 454 g/mol. The minimum atomic E-state index is -0.454. The normalized spacial score (nSPS) is 11.2. The van der Waals surface area contributed by atoms with Gasteiger partial charge in [-0.25, -0.2) is 0 Å². The fraction of sp³-hybridized carbons (Fsp3) is 0.154. The van der Waals surface area contributed by atoms with Crippen LogP contribution in [0.2, 0.25) is 5.02 Å². The van der Waals surface area contributed by atoms with Gasteiger partial charge < -0.3 is 15.4 Å². The van der Waals surface area contributed by atoms with Gasteiger partial charge in [0.2, 0.25) is 0 Å². The minimum Gasteiger partial charge on any atom is -0.492 e. The molecule has 0 spiro atoms. The molecule has 0 bridgehead atoms. The lowest BCUT2D eigenvalue weighted by molar-refractivity contribution is -0.117. The van der Waals surface area contributed by atoms with Gasteiger partial charge in [-0.2, -0.15) is 5.26 Å². The fourth-order valence-electron chi connectivity index (χ4n) is 2.98. The average Bonchev–Trinajstić information content (AvgIpc) is 2.84. The maximum Gasteiger partial charge on any atom is 0.264 e. The van der Waals surface area contributed by atoms with Crippen molar-refractivity contribution < 1.29 is 9.53 Å². The summed E-state index contributed by atoms with van der Waals surface area (Å²) in [5.74, 6) is 0.665. The van der Waals surface area contributed by atoms with Gasteiger partial charge in [0.05, 0.1) is 17.3 Å². The van der Waals surface area contributed by atoms with E-state index < -0.39 is 5.91 Å². The van der Waals surface area contributed by atoms with Gasteiger partial charge in [-0.05, 0) is 36.2 Å². The predicted molar refractivity (Wildman–Crippen MR) is 135 cm³/mol. The van der Waals surface area contributed by atoms with Crippen molar-refractivity contribution in [1.82, 2.24) is 5.32 Å². The highest BCUT2D eigenvalue weighted by molar-refractivity contribution is 8.02. The Kier molecular flexibility index (Phi) is 9.25. The third-order valence-corrected chi connectivity index (χ3v) is 6.05. The highest BCUT2D eigenvalue weighted by atomic mass is 35.5. The zero-order valence-electron chi connectivity index (χ0n) is 18.2. The zero-order valence-corrected chi connectivity index (χ0v) is 19.7. The summed E-state index contributed by atoms with van der Waals surface area (Å²) in [7, 11) is 0. The predicted octanol–water partition coefficient (Wildman–Crippen LogP) is 6.14. The number of halogens is 1. The van der Waals surface area contributed by atoms with E-state index in [1.54, 1.807) is 0 Å². The Morgan fingerprint density at radius 3 is 2.45 bits per heavy atom. The van der Waals surface area contributed by atoms with Gasteiger partial charge in [-0.15, -0.1) is 11.8 Å². The van der Waals surface area contributed by atoms with Crippen molar-refractivity contribution in [3.63, 3.8) is 0 Å². The summed E-state index contributed by atoms with van der Waals surface area (Å²) in [6.07, 6.45) is 0. The first-order chi connectivity index (χ1) is 16.1. The maximum absolute atomic E-state index is 13.0. The maximum atomic E-state index is 13.0. The molecule has 0 aliphatic heterocycles. The number of thioether (sulfide) groups is 1. The molecule has 0 atom stereocenters. The van der Waals surface area contributed by atoms with Crippen LogP contribution in [-0.2, 0) is 17.1 Å². The first-order valence-electron chi connectivity index (χ1n) is 10.4. The quantitative estimate of drug-likeness (QED) is 0.271. The van der Waals surface area contributed by atoms with Crippen LogP contribution < -0.4 is 15.4 Å². The van der Waals surface area contributed by atoms with Gasteiger partial charge in [0.15, 0.2) is 0 Å². The molecule has 168 valence electrons. The number of nitrogens with zero attached hydrogens (tertiary/aromatic N) is 1. The number of carbonyl (C=O) groups excluding carboxylic acids is 1. The van der Waals surface area contributed by atoms with E-state index in [0.717, 1.165) is 11.1 Å². The largest absolute Gasteiger partial charge is 0.492 e. The van der Waals surface area contributed by atoms with E-state index >= 15 is 0 Å². The Morgan fingerprint density at radius 1 is 1.03 bits per heavy atom. The molecule has 3 aromatic carbocycles. The second kappa shape index (κ2) is 12.6. The lowest BCUT2D eigenvalue weighted by atomic mass is 10.2. The standard InChI is InChI=1S/C26H24ClN3O2S/c1-2-32-24-15-9-8-14-23(24)30-26(33-18-20-12-6-7-13-22(20)27)21(16-28)25(31)29-17-19-10-4-3-5-11-19/h3-15,30H,2,17-18H2,1H3,(H,29,31)/b26-21+. The second-order valence-electron chi connectivity index (χ2n) is 6.92. The van der Waals surface area contributed by atoms with Gasteiger partial charge in [-0.3, -0.25) is 4.79 Å². The van der Waals surface area contributed by atoms with Gasteiger partial charge in [0.25, 0.3) is 5.91 Å². The topological polar surface area (TPSA) is 74.1 Å². The number of hydrogen-bond donors (Lipinski definition) is 2. The van der Waals surface area contributed by atoms with E-state index in [2.05, 4.69) is 16.7 Å². The molecule has 3 rings (SSSR count). The number of ether oxygens (including phenoxy) is 1. The lowest BCUT2D eigenvalue weighted by Gasteiger charge is -2.16. The Bertz CT molecular complexity index is 1160. The van der Waals surface area contributed by atoms with Crippen molar-refractivity contribution in [3.8, 4) is 11.8 Å². The van der Waals surface area contributed by atoms with Gasteiger partial charge in [-0.1, -0.05) is 72.3 Å². The van der Waals surface area contributed by atoms with Crippen molar-refractivity contribution in [1.29, 1.82) is 5.26 Å². The first kappa shape index (κ1) is 24.2. The van der Waals surface area contributed by atoms with Crippen LogP contribution in [0.25, 0.3) is 0 Å². The third-order valence-electron chi connectivity index (χ3n) is 4.63. The van der Waals surface area contributed by atoms with E-state index in [1.165, 1.54) is 11.8 Å². The molecule has 0 fully saturated rings. The molecule has 0 saturated heterocycles. The molecule has 0 aliphatic rings. The average molecular weight is 478 g/mol. The number of carbonyl (C=O) groups is 1. The molecule has 0 radical (unpaired) electrons. The van der Waals surface area contributed by atoms with Crippen molar-refractivity contribution in [2.24, 2.45) is 0 Å². The van der Waals surface area contributed by atoms with Crippen molar-refractivity contribution in [2.75, 3.05) is 11.9 Å². The minimum absolute atomic E-state index is 0.00529. The highest BCUT2D eigenvalue weighted by Crippen LogP contribution is 2.32. The highest BCUT2D eigenvalue weighted by Gasteiger charge is 2.18. The van der Waals surface area contributed by atoms with Crippen LogP contribution in [0.3, 0.4) is 0 Å². The van der Waals surface area contributed by atoms with Crippen LogP contribution in [0.5, 0.6) is 5.75 Å². The van der Waals surface area contributed by atoms with Crippen molar-refractivity contribution in [2.45, 2.75) is 19.2 Å². The smallest absolute Gasteiger partial charge is 0.264 e. The first-order valence-corrected chi connectivity index (χ1v) is 11.8. The molecular formula is C26H24ClN3O2S. The number of hydrogen-bond acceptors (Lipinski definition) is 5. The number of amides is 1. The number of nitriles is 1. The van der Waals surface area contributed by atoms with Crippen LogP contribution in [-0.4, -0.2) is 12.5 Å². The third kappa shape index (κ3) is 7.04. The molecule has 0 saturated carbocycles. The molecule has 5 nitrogen and oxygen atoms in total. The van der Waals surface area contributed by atoms with Crippen LogP contribution >= 0.6 is 23.4 Å². The fourth-order valence-corrected chi connectivity index (χ4v) is 4.28. The molecule has 7 heteroatoms. The summed E-state index contributed by atoms with van der Waals surface area (Å²) in [5.41, 5.74) is 2.52. The Morgan fingerprint density at radius 2 is 1.73 bits per heavy atom. The summed E-state index contributed by atoms with van der Waals surface area (Å²) in [6.45, 7) is 2.72. The summed E-state index contributed by atoms with van der Waals surface area (Å²) >= 11 is 7.65. The number of benzene rings is 3. The van der Waals surface area contributed by atoms with Crippen molar-refractivity contribution >= 4 is 35.0 Å². The Balaban J connectivity index is 1.89. The van der Waals surface area contributed by atoms with Crippen molar-refractivity contribution in [3.05, 3.63) is 106 Å². The molecule has 33 heavy (non-hydrogen) atoms. The van der Waals surface area contributed by atoms with E-state index in [-0.39, 0.29) is 5.57 Å². The molecule has 1 amide bonds. The number of anilines is 1. The second-order valence-corrected chi connectivity index (χ2v) is 8.31. The number of rotatable bonds is 10. The molecule has 0 aliphatic carbocycles. The SMILES string of the molecule is CCOc1ccccc1N/C(SCc1ccccc1Cl)=C(/C#N)C(=O)NCc1ccccc1. The Hall–Kier alpha value is -3.40. The van der Waals surface area contributed by atoms with E-state index in [9.17, 15) is 10.1 Å². The van der Waals surface area contributed by atoms with Gasteiger partial charge in [0.1, 0.15) is 17.4 Å². The van der Waals surface area contributed by atoms with Crippen LogP contribution in [0.4, 0.5) is 5.69 Å². The van der Waals surface area contributed by atoms with E-state index in [1.807, 2.05) is 85.8 Å². The molecule has 0 aromatic heterocycles. The van der Waals surface area contributed by atoms with Crippen LogP contribution in [0, 0.1) is 11.3 Å². The van der Waals surface area contributed by atoms with E-state index in [0.29, 0.717) is 40.4 Å².